The summed E-state index contributed by atoms with van der Waals surface area (Å²) in [5, 5.41) is 7.45. The minimum atomic E-state index is -0.349. The number of ether oxygens (including phenoxy) is 1. The molecule has 1 N–H and O–H groups in total. The van der Waals surface area contributed by atoms with Crippen LogP contribution in [0.5, 0.6) is 0 Å². The summed E-state index contributed by atoms with van der Waals surface area (Å²) < 4.78 is 6.82. The van der Waals surface area contributed by atoms with Gasteiger partial charge in [-0.25, -0.2) is 4.79 Å². The summed E-state index contributed by atoms with van der Waals surface area (Å²) in [6.07, 6.45) is 0. The zero-order chi connectivity index (χ0) is 12.8. The maximum absolute atomic E-state index is 11.1. The average Bonchev–Trinajstić information content (AvgIpc) is 2.56. The predicted molar refractivity (Wildman–Crippen MR) is 65.5 cm³/mol. The lowest BCUT2D eigenvalue weighted by molar-refractivity contribution is -0.138. The van der Waals surface area contributed by atoms with Gasteiger partial charge in [-0.3, -0.25) is 10.00 Å². The second-order valence-corrected chi connectivity index (χ2v) is 4.00. The Balaban J connectivity index is 2.19. The highest BCUT2D eigenvalue weighted by molar-refractivity contribution is 5.86. The molecule has 0 atom stereocenters. The highest BCUT2D eigenvalue weighted by Crippen LogP contribution is 1.99. The summed E-state index contributed by atoms with van der Waals surface area (Å²) in [7, 11) is 0. The fourth-order valence-corrected chi connectivity index (χ4v) is 1.36. The number of hydrogen-bond donors (Lipinski definition) is 1. The molecule has 5 nitrogen and oxygen atoms in total. The number of aryl methyl sites for hydroxylation is 2. The number of carbonyl (C=O) groups excluding carboxylic acids is 1. The standard InChI is InChI=1S/C12H19N3O2/c1-9(2)12(16)17-6-5-13-8-15-11(4)7-10(3)14-15/h7,13H,1,5-6,8H2,2-4H3. The number of esters is 1. The van der Waals surface area contributed by atoms with Crippen LogP contribution in [0.1, 0.15) is 18.3 Å². The molecule has 0 amide bonds. The third kappa shape index (κ3) is 4.40. The van der Waals surface area contributed by atoms with Crippen molar-refractivity contribution in [2.24, 2.45) is 0 Å². The van der Waals surface area contributed by atoms with E-state index in [0.29, 0.717) is 25.4 Å². The van der Waals surface area contributed by atoms with Gasteiger partial charge in [0.15, 0.2) is 0 Å². The van der Waals surface area contributed by atoms with E-state index in [1.54, 1.807) is 6.92 Å². The SMILES string of the molecule is C=C(C)C(=O)OCCNCn1nc(C)cc1C. The predicted octanol–water partition coefficient (Wildman–Crippen LogP) is 1.17. The average molecular weight is 237 g/mol. The second kappa shape index (κ2) is 6.20. The molecular formula is C12H19N3O2. The summed E-state index contributed by atoms with van der Waals surface area (Å²) in [6.45, 7) is 10.6. The summed E-state index contributed by atoms with van der Waals surface area (Å²) in [4.78, 5) is 11.1. The molecule has 0 radical (unpaired) electrons. The van der Waals surface area contributed by atoms with Gasteiger partial charge >= 0.3 is 5.97 Å². The van der Waals surface area contributed by atoms with Crippen LogP contribution in [-0.2, 0) is 16.2 Å². The smallest absolute Gasteiger partial charge is 0.333 e. The van der Waals surface area contributed by atoms with Gasteiger partial charge in [0.2, 0.25) is 0 Å². The topological polar surface area (TPSA) is 56.1 Å². The third-order valence-electron chi connectivity index (χ3n) is 2.23. The molecule has 1 heterocycles. The number of carbonyl (C=O) groups is 1. The van der Waals surface area contributed by atoms with Crippen molar-refractivity contribution in [3.8, 4) is 0 Å². The van der Waals surface area contributed by atoms with Crippen LogP contribution in [0.4, 0.5) is 0 Å². The third-order valence-corrected chi connectivity index (χ3v) is 2.23. The number of nitrogens with one attached hydrogen (secondary N) is 1. The molecule has 0 unspecified atom stereocenters. The molecular weight excluding hydrogens is 218 g/mol. The second-order valence-electron chi connectivity index (χ2n) is 4.00. The lowest BCUT2D eigenvalue weighted by atomic mass is 10.4. The fourth-order valence-electron chi connectivity index (χ4n) is 1.36. The molecule has 1 rings (SSSR count). The Bertz CT molecular complexity index is 410. The maximum atomic E-state index is 11.1. The zero-order valence-electron chi connectivity index (χ0n) is 10.6. The van der Waals surface area contributed by atoms with Crippen molar-refractivity contribution < 1.29 is 9.53 Å². The van der Waals surface area contributed by atoms with Crippen LogP contribution in [0.3, 0.4) is 0 Å². The lowest BCUT2D eigenvalue weighted by Gasteiger charge is -2.07. The van der Waals surface area contributed by atoms with Crippen LogP contribution in [0.15, 0.2) is 18.2 Å². The largest absolute Gasteiger partial charge is 0.461 e. The van der Waals surface area contributed by atoms with Crippen molar-refractivity contribution in [2.75, 3.05) is 13.2 Å². The summed E-state index contributed by atoms with van der Waals surface area (Å²) >= 11 is 0. The van der Waals surface area contributed by atoms with Gasteiger partial charge in [0.25, 0.3) is 0 Å². The van der Waals surface area contributed by atoms with Crippen molar-refractivity contribution in [2.45, 2.75) is 27.4 Å². The van der Waals surface area contributed by atoms with Gasteiger partial charge in [-0.1, -0.05) is 6.58 Å². The molecule has 0 saturated carbocycles. The lowest BCUT2D eigenvalue weighted by Crippen LogP contribution is -2.25. The quantitative estimate of drug-likeness (QED) is 0.458. The maximum Gasteiger partial charge on any atom is 0.333 e. The molecule has 0 aromatic carbocycles. The van der Waals surface area contributed by atoms with Crippen LogP contribution < -0.4 is 5.32 Å². The van der Waals surface area contributed by atoms with Crippen LogP contribution in [-0.4, -0.2) is 28.9 Å². The van der Waals surface area contributed by atoms with Gasteiger partial charge in [0.05, 0.1) is 12.4 Å². The highest BCUT2D eigenvalue weighted by atomic mass is 16.5. The van der Waals surface area contributed by atoms with Gasteiger partial charge < -0.3 is 4.74 Å². The van der Waals surface area contributed by atoms with E-state index >= 15 is 0 Å². The molecule has 94 valence electrons. The molecule has 0 aliphatic rings. The minimum absolute atomic E-state index is 0.338. The first-order chi connectivity index (χ1) is 8.00. The van der Waals surface area contributed by atoms with E-state index in [0.717, 1.165) is 11.4 Å². The Hall–Kier alpha value is -1.62. The number of nitrogens with zero attached hydrogens (tertiary/aromatic N) is 2. The van der Waals surface area contributed by atoms with Gasteiger partial charge in [0, 0.05) is 17.8 Å². The first-order valence-corrected chi connectivity index (χ1v) is 5.55. The van der Waals surface area contributed by atoms with Crippen molar-refractivity contribution in [1.82, 2.24) is 15.1 Å². The Kier molecular flexibility index (Phi) is 4.90. The molecule has 17 heavy (non-hydrogen) atoms. The molecule has 0 aliphatic carbocycles. The monoisotopic (exact) mass is 237 g/mol. The molecule has 1 aromatic heterocycles. The van der Waals surface area contributed by atoms with Gasteiger partial charge in [-0.2, -0.15) is 5.10 Å². The Morgan fingerprint density at radius 2 is 2.29 bits per heavy atom. The molecule has 0 saturated heterocycles. The minimum Gasteiger partial charge on any atom is -0.461 e. The number of aromatic nitrogens is 2. The Labute approximate surface area is 101 Å². The first kappa shape index (κ1) is 13.4. The van der Waals surface area contributed by atoms with Gasteiger partial charge in [0.1, 0.15) is 6.61 Å². The first-order valence-electron chi connectivity index (χ1n) is 5.55. The molecule has 0 spiro atoms. The summed E-state index contributed by atoms with van der Waals surface area (Å²) in [5.74, 6) is -0.349. The normalized spacial score (nSPS) is 10.3. The van der Waals surface area contributed by atoms with Crippen LogP contribution in [0.25, 0.3) is 0 Å². The van der Waals surface area contributed by atoms with Crippen molar-refractivity contribution >= 4 is 5.97 Å². The van der Waals surface area contributed by atoms with Crippen molar-refractivity contribution in [3.05, 3.63) is 29.6 Å². The van der Waals surface area contributed by atoms with Gasteiger partial charge in [-0.15, -0.1) is 0 Å². The highest BCUT2D eigenvalue weighted by Gasteiger charge is 2.02. The van der Waals surface area contributed by atoms with E-state index in [9.17, 15) is 4.79 Å². The fraction of sp³-hybridized carbons (Fsp3) is 0.500. The molecule has 0 bridgehead atoms. The van der Waals surface area contributed by atoms with E-state index < -0.39 is 0 Å². The van der Waals surface area contributed by atoms with E-state index in [4.69, 9.17) is 4.74 Å². The molecule has 0 fully saturated rings. The Morgan fingerprint density at radius 3 is 2.82 bits per heavy atom. The Morgan fingerprint density at radius 1 is 1.59 bits per heavy atom. The zero-order valence-corrected chi connectivity index (χ0v) is 10.6. The number of hydrogen-bond acceptors (Lipinski definition) is 4. The van der Waals surface area contributed by atoms with Gasteiger partial charge in [-0.05, 0) is 26.8 Å². The van der Waals surface area contributed by atoms with E-state index in [2.05, 4.69) is 17.0 Å². The summed E-state index contributed by atoms with van der Waals surface area (Å²) in [5.41, 5.74) is 2.52. The van der Waals surface area contributed by atoms with Crippen molar-refractivity contribution in [3.63, 3.8) is 0 Å². The molecule has 0 aliphatic heterocycles. The van der Waals surface area contributed by atoms with Crippen LogP contribution in [0, 0.1) is 13.8 Å². The van der Waals surface area contributed by atoms with Crippen LogP contribution in [0.2, 0.25) is 0 Å². The number of rotatable bonds is 6. The molecule has 1 aromatic rings. The summed E-state index contributed by atoms with van der Waals surface area (Å²) in [6, 6.07) is 2.02. The van der Waals surface area contributed by atoms with E-state index in [1.807, 2.05) is 24.6 Å². The van der Waals surface area contributed by atoms with Crippen LogP contribution >= 0.6 is 0 Å². The van der Waals surface area contributed by atoms with E-state index in [1.165, 1.54) is 0 Å². The van der Waals surface area contributed by atoms with Crippen molar-refractivity contribution in [1.29, 1.82) is 0 Å². The molecule has 5 heteroatoms. The van der Waals surface area contributed by atoms with E-state index in [-0.39, 0.29) is 5.97 Å².